The Morgan fingerprint density at radius 2 is 1.65 bits per heavy atom. The van der Waals surface area contributed by atoms with Gasteiger partial charge in [0.1, 0.15) is 0 Å². The van der Waals surface area contributed by atoms with Crippen molar-refractivity contribution in [3.8, 4) is 0 Å². The van der Waals surface area contributed by atoms with Gasteiger partial charge in [-0.1, -0.05) is 36.4 Å². The maximum Gasteiger partial charge on any atom is 0.258 e. The highest BCUT2D eigenvalue weighted by molar-refractivity contribution is 6.11. The first-order valence-electron chi connectivity index (χ1n) is 6.59. The minimum atomic E-state index is -0.00143. The van der Waals surface area contributed by atoms with Gasteiger partial charge in [-0.05, 0) is 25.1 Å². The number of anilines is 1. The Bertz CT molecular complexity index is 759. The molecule has 100 valence electrons. The molecule has 0 aliphatic rings. The molecule has 0 aliphatic carbocycles. The van der Waals surface area contributed by atoms with E-state index in [-0.39, 0.29) is 5.91 Å². The Morgan fingerprint density at radius 1 is 1.00 bits per heavy atom. The van der Waals surface area contributed by atoms with Gasteiger partial charge in [-0.15, -0.1) is 0 Å². The minimum Gasteiger partial charge on any atom is -0.357 e. The molecule has 0 atom stereocenters. The topological polar surface area (TPSA) is 36.1 Å². The van der Waals surface area contributed by atoms with Crippen LogP contribution in [0.4, 0.5) is 5.69 Å². The number of hydrogen-bond donors (Lipinski definition) is 1. The van der Waals surface area contributed by atoms with Gasteiger partial charge in [-0.2, -0.15) is 0 Å². The van der Waals surface area contributed by atoms with E-state index in [9.17, 15) is 4.79 Å². The largest absolute Gasteiger partial charge is 0.357 e. The van der Waals surface area contributed by atoms with Crippen LogP contribution in [0.5, 0.6) is 0 Å². The van der Waals surface area contributed by atoms with E-state index in [1.54, 1.807) is 4.90 Å². The van der Waals surface area contributed by atoms with Crippen LogP contribution in [-0.2, 0) is 0 Å². The summed E-state index contributed by atoms with van der Waals surface area (Å²) in [5.41, 5.74) is 3.68. The summed E-state index contributed by atoms with van der Waals surface area (Å²) < 4.78 is 0. The number of aromatic amines is 1. The van der Waals surface area contributed by atoms with E-state index in [2.05, 4.69) is 4.98 Å². The van der Waals surface area contributed by atoms with Crippen LogP contribution >= 0.6 is 0 Å². The second-order valence-corrected chi connectivity index (χ2v) is 4.87. The van der Waals surface area contributed by atoms with E-state index in [1.165, 1.54) is 0 Å². The molecule has 0 radical (unpaired) electrons. The predicted octanol–water partition coefficient (Wildman–Crippen LogP) is 3.75. The van der Waals surface area contributed by atoms with Gasteiger partial charge in [-0.3, -0.25) is 4.79 Å². The van der Waals surface area contributed by atoms with Gasteiger partial charge < -0.3 is 9.88 Å². The zero-order valence-corrected chi connectivity index (χ0v) is 11.6. The average Bonchev–Trinajstić information content (AvgIpc) is 2.82. The SMILES string of the molecule is Cc1[nH]c2ccccc2c1N(C)C(=O)c1ccccc1. The van der Waals surface area contributed by atoms with Gasteiger partial charge >= 0.3 is 0 Å². The van der Waals surface area contributed by atoms with Crippen LogP contribution in [-0.4, -0.2) is 17.9 Å². The van der Waals surface area contributed by atoms with Crippen LogP contribution in [0.25, 0.3) is 10.9 Å². The number of nitrogens with one attached hydrogen (secondary N) is 1. The van der Waals surface area contributed by atoms with Gasteiger partial charge in [0.25, 0.3) is 5.91 Å². The molecule has 0 saturated heterocycles. The van der Waals surface area contributed by atoms with Crippen LogP contribution in [0.1, 0.15) is 16.1 Å². The van der Waals surface area contributed by atoms with E-state index in [0.29, 0.717) is 5.56 Å². The summed E-state index contributed by atoms with van der Waals surface area (Å²) in [5, 5.41) is 1.07. The number of benzene rings is 2. The number of rotatable bonds is 2. The molecule has 0 bridgehead atoms. The standard InChI is InChI=1S/C17H16N2O/c1-12-16(14-10-6-7-11-15(14)18-12)19(2)17(20)13-8-4-3-5-9-13/h3-11,18H,1-2H3. The molecule has 0 unspecified atom stereocenters. The van der Waals surface area contributed by atoms with Crippen molar-refractivity contribution in [3.05, 3.63) is 65.9 Å². The summed E-state index contributed by atoms with van der Waals surface area (Å²) in [5.74, 6) is -0.00143. The number of para-hydroxylation sites is 1. The first-order valence-corrected chi connectivity index (χ1v) is 6.59. The van der Waals surface area contributed by atoms with Crippen LogP contribution in [0.2, 0.25) is 0 Å². The highest BCUT2D eigenvalue weighted by Crippen LogP contribution is 2.30. The molecule has 0 fully saturated rings. The molecular formula is C17H16N2O. The molecule has 0 saturated carbocycles. The number of carbonyl (C=O) groups is 1. The average molecular weight is 264 g/mol. The van der Waals surface area contributed by atoms with Crippen molar-refractivity contribution in [3.63, 3.8) is 0 Å². The number of carbonyl (C=O) groups excluding carboxylic acids is 1. The number of hydrogen-bond acceptors (Lipinski definition) is 1. The Morgan fingerprint density at radius 3 is 2.40 bits per heavy atom. The maximum absolute atomic E-state index is 12.6. The predicted molar refractivity (Wildman–Crippen MR) is 82.2 cm³/mol. The molecule has 20 heavy (non-hydrogen) atoms. The fraction of sp³-hybridized carbons (Fsp3) is 0.118. The van der Waals surface area contributed by atoms with Gasteiger partial charge in [0, 0.05) is 29.2 Å². The van der Waals surface area contributed by atoms with Crippen molar-refractivity contribution in [2.24, 2.45) is 0 Å². The molecule has 1 N–H and O–H groups in total. The molecule has 1 heterocycles. The molecule has 0 aliphatic heterocycles. The lowest BCUT2D eigenvalue weighted by molar-refractivity contribution is 0.0993. The van der Waals surface area contributed by atoms with E-state index in [4.69, 9.17) is 0 Å². The van der Waals surface area contributed by atoms with E-state index in [0.717, 1.165) is 22.3 Å². The number of aryl methyl sites for hydroxylation is 1. The van der Waals surface area contributed by atoms with Crippen molar-refractivity contribution < 1.29 is 4.79 Å². The first-order chi connectivity index (χ1) is 9.68. The normalized spacial score (nSPS) is 10.7. The Kier molecular flexibility index (Phi) is 3.03. The third-order valence-corrected chi connectivity index (χ3v) is 3.52. The second-order valence-electron chi connectivity index (χ2n) is 4.87. The number of fused-ring (bicyclic) bond motifs is 1. The molecule has 2 aromatic carbocycles. The maximum atomic E-state index is 12.6. The van der Waals surface area contributed by atoms with Gasteiger partial charge in [-0.25, -0.2) is 0 Å². The molecule has 3 rings (SSSR count). The number of aromatic nitrogens is 1. The van der Waals surface area contributed by atoms with Gasteiger partial charge in [0.15, 0.2) is 0 Å². The fourth-order valence-electron chi connectivity index (χ4n) is 2.57. The number of nitrogens with zero attached hydrogens (tertiary/aromatic N) is 1. The quantitative estimate of drug-likeness (QED) is 0.751. The molecule has 3 nitrogen and oxygen atoms in total. The summed E-state index contributed by atoms with van der Waals surface area (Å²) in [6.07, 6.45) is 0. The summed E-state index contributed by atoms with van der Waals surface area (Å²) in [6.45, 7) is 1.99. The van der Waals surface area contributed by atoms with Crippen molar-refractivity contribution in [1.29, 1.82) is 0 Å². The zero-order chi connectivity index (χ0) is 14.1. The van der Waals surface area contributed by atoms with Crippen LogP contribution in [0.15, 0.2) is 54.6 Å². The third kappa shape index (κ3) is 1.97. The van der Waals surface area contributed by atoms with Crippen molar-refractivity contribution >= 4 is 22.5 Å². The van der Waals surface area contributed by atoms with Crippen LogP contribution in [0, 0.1) is 6.92 Å². The van der Waals surface area contributed by atoms with Gasteiger partial charge in [0.05, 0.1) is 5.69 Å². The lowest BCUT2D eigenvalue weighted by atomic mass is 10.1. The monoisotopic (exact) mass is 264 g/mol. The molecular weight excluding hydrogens is 248 g/mol. The highest BCUT2D eigenvalue weighted by atomic mass is 16.2. The molecule has 0 spiro atoms. The third-order valence-electron chi connectivity index (χ3n) is 3.52. The molecule has 3 aromatic rings. The number of amides is 1. The summed E-state index contributed by atoms with van der Waals surface area (Å²) in [4.78, 5) is 17.6. The summed E-state index contributed by atoms with van der Waals surface area (Å²) in [6, 6.07) is 17.4. The molecule has 1 aromatic heterocycles. The van der Waals surface area contributed by atoms with E-state index in [1.807, 2.05) is 68.6 Å². The van der Waals surface area contributed by atoms with Gasteiger partial charge in [0.2, 0.25) is 0 Å². The van der Waals surface area contributed by atoms with Crippen LogP contribution < -0.4 is 4.90 Å². The summed E-state index contributed by atoms with van der Waals surface area (Å²) >= 11 is 0. The van der Waals surface area contributed by atoms with E-state index >= 15 is 0 Å². The summed E-state index contributed by atoms with van der Waals surface area (Å²) in [7, 11) is 1.82. The zero-order valence-electron chi connectivity index (χ0n) is 11.6. The molecule has 1 amide bonds. The lowest BCUT2D eigenvalue weighted by Gasteiger charge is -2.17. The minimum absolute atomic E-state index is 0.00143. The Hall–Kier alpha value is -2.55. The lowest BCUT2D eigenvalue weighted by Crippen LogP contribution is -2.26. The van der Waals surface area contributed by atoms with Crippen molar-refractivity contribution in [2.75, 3.05) is 11.9 Å². The second kappa shape index (κ2) is 4.85. The van der Waals surface area contributed by atoms with E-state index < -0.39 is 0 Å². The number of H-pyrrole nitrogens is 1. The van der Waals surface area contributed by atoms with Crippen LogP contribution in [0.3, 0.4) is 0 Å². The fourth-order valence-corrected chi connectivity index (χ4v) is 2.57. The first kappa shape index (κ1) is 12.5. The van der Waals surface area contributed by atoms with Crippen molar-refractivity contribution in [2.45, 2.75) is 6.92 Å². The molecule has 3 heteroatoms. The highest BCUT2D eigenvalue weighted by Gasteiger charge is 2.18. The van der Waals surface area contributed by atoms with Crippen molar-refractivity contribution in [1.82, 2.24) is 4.98 Å². The Balaban J connectivity index is 2.07. The smallest absolute Gasteiger partial charge is 0.258 e. The Labute approximate surface area is 117 Å².